The smallest absolute Gasteiger partial charge is 0.134 e. The minimum absolute atomic E-state index is 0.0910. The summed E-state index contributed by atoms with van der Waals surface area (Å²) < 4.78 is 6.86. The molecule has 18 heavy (non-hydrogen) atoms. The highest BCUT2D eigenvalue weighted by Crippen LogP contribution is 2.26. The van der Waals surface area contributed by atoms with E-state index in [4.69, 9.17) is 4.42 Å². The monoisotopic (exact) mass is 311 g/mol. The number of aliphatic hydroxyl groups excluding tert-OH is 1. The van der Waals surface area contributed by atoms with E-state index in [-0.39, 0.29) is 18.7 Å². The molecular formula is C14H18BrNO2. The topological polar surface area (TPSA) is 45.4 Å². The molecule has 1 heterocycles. The number of fused-ring (bicyclic) bond motifs is 1. The molecule has 1 aromatic carbocycles. The van der Waals surface area contributed by atoms with Crippen LogP contribution in [0.15, 0.2) is 33.2 Å². The molecule has 0 amide bonds. The zero-order valence-corrected chi connectivity index (χ0v) is 12.2. The second-order valence-corrected chi connectivity index (χ2v) is 5.42. The van der Waals surface area contributed by atoms with Gasteiger partial charge in [0.25, 0.3) is 0 Å². The summed E-state index contributed by atoms with van der Waals surface area (Å²) in [6, 6.07) is 8.21. The number of benzene rings is 1. The number of rotatable bonds is 5. The Morgan fingerprint density at radius 2 is 2.17 bits per heavy atom. The van der Waals surface area contributed by atoms with Gasteiger partial charge < -0.3 is 14.8 Å². The molecule has 1 aromatic heterocycles. The van der Waals surface area contributed by atoms with E-state index in [0.717, 1.165) is 27.6 Å². The Kier molecular flexibility index (Phi) is 4.43. The quantitative estimate of drug-likeness (QED) is 0.886. The molecule has 0 aliphatic carbocycles. The third kappa shape index (κ3) is 2.94. The third-order valence-electron chi connectivity index (χ3n) is 3.12. The van der Waals surface area contributed by atoms with E-state index in [1.807, 2.05) is 31.2 Å². The van der Waals surface area contributed by atoms with E-state index in [1.54, 1.807) is 0 Å². The van der Waals surface area contributed by atoms with E-state index >= 15 is 0 Å². The van der Waals surface area contributed by atoms with Crippen LogP contribution in [0.4, 0.5) is 0 Å². The lowest BCUT2D eigenvalue weighted by Crippen LogP contribution is -2.33. The first kappa shape index (κ1) is 13.6. The molecule has 0 aliphatic heterocycles. The number of halogens is 1. The summed E-state index contributed by atoms with van der Waals surface area (Å²) in [5.41, 5.74) is 0.888. The highest BCUT2D eigenvalue weighted by molar-refractivity contribution is 9.10. The van der Waals surface area contributed by atoms with Crippen molar-refractivity contribution < 1.29 is 9.52 Å². The lowest BCUT2D eigenvalue weighted by molar-refractivity contribution is 0.226. The van der Waals surface area contributed by atoms with Crippen LogP contribution in [0.1, 0.15) is 32.1 Å². The maximum absolute atomic E-state index is 9.20. The Bertz CT molecular complexity index is 519. The van der Waals surface area contributed by atoms with Gasteiger partial charge in [0.2, 0.25) is 0 Å². The van der Waals surface area contributed by atoms with Crippen LogP contribution in [-0.4, -0.2) is 17.8 Å². The van der Waals surface area contributed by atoms with Crippen LogP contribution in [-0.2, 0) is 0 Å². The molecule has 2 N–H and O–H groups in total. The standard InChI is InChI=1S/C14H18BrNO2/c1-3-12(8-17)16-9(2)14-7-10-6-11(15)4-5-13(10)18-14/h4-7,9,12,16-17H,3,8H2,1-2H3/t9?,12-/m0/s1. The van der Waals surface area contributed by atoms with Crippen LogP contribution in [0.5, 0.6) is 0 Å². The molecule has 2 rings (SSSR count). The maximum Gasteiger partial charge on any atom is 0.134 e. The first-order valence-corrected chi connectivity index (χ1v) is 6.99. The van der Waals surface area contributed by atoms with Gasteiger partial charge in [0.1, 0.15) is 11.3 Å². The fourth-order valence-corrected chi connectivity index (χ4v) is 2.36. The van der Waals surface area contributed by atoms with Crippen molar-refractivity contribution in [3.05, 3.63) is 34.5 Å². The average Bonchev–Trinajstić information content (AvgIpc) is 2.78. The number of furan rings is 1. The molecule has 98 valence electrons. The minimum atomic E-state index is 0.0910. The number of hydrogen-bond donors (Lipinski definition) is 2. The molecule has 2 aromatic rings. The van der Waals surface area contributed by atoms with E-state index in [2.05, 4.69) is 28.2 Å². The SMILES string of the molecule is CC[C@@H](CO)NC(C)c1cc2cc(Br)ccc2o1. The first-order valence-electron chi connectivity index (χ1n) is 6.20. The van der Waals surface area contributed by atoms with Gasteiger partial charge in [-0.2, -0.15) is 0 Å². The summed E-state index contributed by atoms with van der Waals surface area (Å²) in [5, 5.41) is 13.6. The molecule has 3 nitrogen and oxygen atoms in total. The summed E-state index contributed by atoms with van der Waals surface area (Å²) in [7, 11) is 0. The minimum Gasteiger partial charge on any atom is -0.459 e. The van der Waals surface area contributed by atoms with Gasteiger partial charge in [-0.3, -0.25) is 0 Å². The Morgan fingerprint density at radius 3 is 2.83 bits per heavy atom. The van der Waals surface area contributed by atoms with Crippen molar-refractivity contribution in [3.63, 3.8) is 0 Å². The van der Waals surface area contributed by atoms with E-state index in [9.17, 15) is 5.11 Å². The molecule has 0 radical (unpaired) electrons. The van der Waals surface area contributed by atoms with Gasteiger partial charge in [-0.1, -0.05) is 22.9 Å². The molecule has 0 aliphatic rings. The van der Waals surface area contributed by atoms with Crippen molar-refractivity contribution in [1.82, 2.24) is 5.32 Å². The van der Waals surface area contributed by atoms with Crippen molar-refractivity contribution in [2.75, 3.05) is 6.61 Å². The van der Waals surface area contributed by atoms with Crippen molar-refractivity contribution in [3.8, 4) is 0 Å². The molecular weight excluding hydrogens is 294 g/mol. The van der Waals surface area contributed by atoms with E-state index in [1.165, 1.54) is 0 Å². The van der Waals surface area contributed by atoms with Crippen LogP contribution >= 0.6 is 15.9 Å². The maximum atomic E-state index is 9.20. The van der Waals surface area contributed by atoms with E-state index < -0.39 is 0 Å². The fourth-order valence-electron chi connectivity index (χ4n) is 1.98. The second kappa shape index (κ2) is 5.87. The Balaban J connectivity index is 2.20. The highest BCUT2D eigenvalue weighted by Gasteiger charge is 2.15. The summed E-state index contributed by atoms with van der Waals surface area (Å²) in [6.45, 7) is 4.24. The molecule has 0 spiro atoms. The summed E-state index contributed by atoms with van der Waals surface area (Å²) in [4.78, 5) is 0. The molecule has 2 atom stereocenters. The van der Waals surface area contributed by atoms with Gasteiger partial charge in [0, 0.05) is 15.9 Å². The predicted octanol–water partition coefficient (Wildman–Crippen LogP) is 3.62. The van der Waals surface area contributed by atoms with Gasteiger partial charge in [-0.15, -0.1) is 0 Å². The molecule has 1 unspecified atom stereocenters. The van der Waals surface area contributed by atoms with Crippen molar-refractivity contribution in [2.24, 2.45) is 0 Å². The van der Waals surface area contributed by atoms with Gasteiger partial charge in [0.05, 0.1) is 12.6 Å². The summed E-state index contributed by atoms with van der Waals surface area (Å²) in [5.74, 6) is 0.898. The van der Waals surface area contributed by atoms with Gasteiger partial charge in [-0.05, 0) is 37.6 Å². The van der Waals surface area contributed by atoms with Gasteiger partial charge in [-0.25, -0.2) is 0 Å². The fraction of sp³-hybridized carbons (Fsp3) is 0.429. The van der Waals surface area contributed by atoms with Crippen LogP contribution < -0.4 is 5.32 Å². The normalized spacial score (nSPS) is 14.9. The largest absolute Gasteiger partial charge is 0.459 e. The molecule has 0 bridgehead atoms. The highest BCUT2D eigenvalue weighted by atomic mass is 79.9. The van der Waals surface area contributed by atoms with Crippen molar-refractivity contribution in [1.29, 1.82) is 0 Å². The number of hydrogen-bond acceptors (Lipinski definition) is 3. The predicted molar refractivity (Wildman–Crippen MR) is 76.6 cm³/mol. The lowest BCUT2D eigenvalue weighted by Gasteiger charge is -2.18. The number of nitrogens with one attached hydrogen (secondary N) is 1. The summed E-state index contributed by atoms with van der Waals surface area (Å²) in [6.07, 6.45) is 0.895. The van der Waals surface area contributed by atoms with Crippen molar-refractivity contribution in [2.45, 2.75) is 32.4 Å². The molecule has 4 heteroatoms. The first-order chi connectivity index (χ1) is 8.63. The van der Waals surface area contributed by atoms with E-state index in [0.29, 0.717) is 0 Å². The van der Waals surface area contributed by atoms with Crippen LogP contribution in [0.2, 0.25) is 0 Å². The molecule has 0 saturated carbocycles. The van der Waals surface area contributed by atoms with Crippen LogP contribution in [0, 0.1) is 0 Å². The average molecular weight is 312 g/mol. The Labute approximate surface area is 115 Å². The van der Waals surface area contributed by atoms with Crippen molar-refractivity contribution >= 4 is 26.9 Å². The Hall–Kier alpha value is -0.840. The Morgan fingerprint density at radius 1 is 1.39 bits per heavy atom. The number of aliphatic hydroxyl groups is 1. The van der Waals surface area contributed by atoms with Gasteiger partial charge >= 0.3 is 0 Å². The molecule has 0 saturated heterocycles. The molecule has 0 fully saturated rings. The van der Waals surface area contributed by atoms with Crippen LogP contribution in [0.3, 0.4) is 0 Å². The summed E-state index contributed by atoms with van der Waals surface area (Å²) >= 11 is 3.45. The zero-order chi connectivity index (χ0) is 13.1. The van der Waals surface area contributed by atoms with Gasteiger partial charge in [0.15, 0.2) is 0 Å². The lowest BCUT2D eigenvalue weighted by atomic mass is 10.1. The van der Waals surface area contributed by atoms with Crippen LogP contribution in [0.25, 0.3) is 11.0 Å². The third-order valence-corrected chi connectivity index (χ3v) is 3.62. The second-order valence-electron chi connectivity index (χ2n) is 4.51. The zero-order valence-electron chi connectivity index (χ0n) is 10.6.